The minimum Gasteiger partial charge on any atom is -0.459 e. The average Bonchev–Trinajstić information content (AvgIpc) is 3.38. The number of carbonyl (C=O) groups excluding carboxylic acids is 4. The summed E-state index contributed by atoms with van der Waals surface area (Å²) in [6.07, 6.45) is 5.81. The largest absolute Gasteiger partial charge is 0.459 e. The second-order valence-electron chi connectivity index (χ2n) is 7.21. The van der Waals surface area contributed by atoms with E-state index < -0.39 is 24.0 Å². The highest BCUT2D eigenvalue weighted by Gasteiger charge is 2.38. The first kappa shape index (κ1) is 22.7. The van der Waals surface area contributed by atoms with Gasteiger partial charge in [-0.05, 0) is 13.0 Å². The lowest BCUT2D eigenvalue weighted by atomic mass is 9.99. The Hall–Kier alpha value is -2.97. The van der Waals surface area contributed by atoms with Gasteiger partial charge in [-0.15, -0.1) is 0 Å². The molecule has 3 unspecified atom stereocenters. The fraction of sp³-hybridized carbons (Fsp3) is 0.364. The lowest BCUT2D eigenvalue weighted by molar-refractivity contribution is -0.132. The lowest BCUT2D eigenvalue weighted by Gasteiger charge is -2.19. The molecule has 2 heterocycles. The Labute approximate surface area is 183 Å². The lowest BCUT2D eigenvalue weighted by Crippen LogP contribution is -2.21. The van der Waals surface area contributed by atoms with E-state index in [0.29, 0.717) is 6.42 Å². The van der Waals surface area contributed by atoms with E-state index >= 15 is 0 Å². The first-order valence-electron chi connectivity index (χ1n) is 9.62. The number of epoxide rings is 1. The number of rotatable bonds is 2. The fourth-order valence-electron chi connectivity index (χ4n) is 3.22. The molecule has 0 spiro atoms. The van der Waals surface area contributed by atoms with Crippen molar-refractivity contribution in [3.63, 3.8) is 0 Å². The molecule has 1 aromatic carbocycles. The molecule has 3 rings (SSSR count). The Kier molecular flexibility index (Phi) is 6.92. The van der Waals surface area contributed by atoms with Gasteiger partial charge in [-0.1, -0.05) is 29.8 Å². The van der Waals surface area contributed by atoms with Crippen LogP contribution in [-0.4, -0.2) is 42.0 Å². The molecule has 0 bridgehead atoms. The van der Waals surface area contributed by atoms with Crippen LogP contribution in [0.1, 0.15) is 43.1 Å². The van der Waals surface area contributed by atoms with Crippen molar-refractivity contribution in [2.24, 2.45) is 0 Å². The quantitative estimate of drug-likeness (QED) is 0.385. The number of ether oxygens (including phenoxy) is 4. The highest BCUT2D eigenvalue weighted by molar-refractivity contribution is 6.34. The van der Waals surface area contributed by atoms with Gasteiger partial charge in [0.2, 0.25) is 0 Å². The van der Waals surface area contributed by atoms with Crippen molar-refractivity contribution in [1.29, 1.82) is 0 Å². The molecule has 8 nitrogen and oxygen atoms in total. The molecule has 1 saturated heterocycles. The number of hydrogen-bond donors (Lipinski definition) is 0. The molecule has 0 aliphatic carbocycles. The van der Waals surface area contributed by atoms with Crippen molar-refractivity contribution in [2.75, 3.05) is 0 Å². The molecule has 2 aliphatic rings. The molecule has 1 aromatic rings. The number of esters is 3. The third kappa shape index (κ3) is 5.80. The zero-order chi connectivity index (χ0) is 22.7. The van der Waals surface area contributed by atoms with Gasteiger partial charge in [0.25, 0.3) is 0 Å². The summed E-state index contributed by atoms with van der Waals surface area (Å²) < 4.78 is 21.3. The van der Waals surface area contributed by atoms with Gasteiger partial charge in [0, 0.05) is 38.3 Å². The number of allylic oxidation sites excluding steroid dienone is 3. The molecule has 1 fully saturated rings. The third-order valence-electron chi connectivity index (χ3n) is 4.54. The number of halogens is 1. The molecule has 0 aromatic heterocycles. The number of ketones is 1. The van der Waals surface area contributed by atoms with Gasteiger partial charge in [0.05, 0.1) is 11.1 Å². The molecule has 2 aliphatic heterocycles. The van der Waals surface area contributed by atoms with Crippen molar-refractivity contribution in [1.82, 2.24) is 0 Å². The SMILES string of the molecule is CC(=O)Oc1cc(OC(C)=O)c2c(c1Cl)CC(=O)/C=C\C=C\C1OC1CC(C)OC2=O. The number of fused-ring (bicyclic) bond motifs is 2. The first-order chi connectivity index (χ1) is 14.7. The highest BCUT2D eigenvalue weighted by Crippen LogP contribution is 2.39. The van der Waals surface area contributed by atoms with Gasteiger partial charge < -0.3 is 18.9 Å². The third-order valence-corrected chi connectivity index (χ3v) is 4.96. The van der Waals surface area contributed by atoms with Crippen LogP contribution in [0, 0.1) is 0 Å². The zero-order valence-corrected chi connectivity index (χ0v) is 17.9. The summed E-state index contributed by atoms with van der Waals surface area (Å²) in [5.74, 6) is -2.96. The van der Waals surface area contributed by atoms with Crippen LogP contribution in [0.4, 0.5) is 0 Å². The maximum Gasteiger partial charge on any atom is 0.342 e. The molecule has 0 radical (unpaired) electrons. The van der Waals surface area contributed by atoms with Crippen LogP contribution in [0.2, 0.25) is 5.02 Å². The van der Waals surface area contributed by atoms with Crippen LogP contribution in [0.25, 0.3) is 0 Å². The first-order valence-corrected chi connectivity index (χ1v) is 9.99. The molecular formula is C22H21ClO8. The van der Waals surface area contributed by atoms with Gasteiger partial charge in [-0.25, -0.2) is 4.79 Å². The van der Waals surface area contributed by atoms with Gasteiger partial charge in [0.1, 0.15) is 23.5 Å². The predicted molar refractivity (Wildman–Crippen MR) is 109 cm³/mol. The van der Waals surface area contributed by atoms with Gasteiger partial charge in [-0.3, -0.25) is 14.4 Å². The van der Waals surface area contributed by atoms with Crippen LogP contribution < -0.4 is 9.47 Å². The molecular weight excluding hydrogens is 428 g/mol. The molecule has 0 N–H and O–H groups in total. The Morgan fingerprint density at radius 2 is 1.77 bits per heavy atom. The zero-order valence-electron chi connectivity index (χ0n) is 17.2. The Bertz CT molecular complexity index is 994. The number of cyclic esters (lactones) is 1. The summed E-state index contributed by atoms with van der Waals surface area (Å²) in [4.78, 5) is 48.7. The van der Waals surface area contributed by atoms with Gasteiger partial charge in [-0.2, -0.15) is 0 Å². The molecule has 3 atom stereocenters. The van der Waals surface area contributed by atoms with E-state index in [1.54, 1.807) is 19.1 Å². The van der Waals surface area contributed by atoms with Crippen LogP contribution >= 0.6 is 11.6 Å². The Morgan fingerprint density at radius 1 is 1.10 bits per heavy atom. The summed E-state index contributed by atoms with van der Waals surface area (Å²) in [6, 6.07) is 1.15. The average molecular weight is 449 g/mol. The van der Waals surface area contributed by atoms with Crippen molar-refractivity contribution in [3.8, 4) is 11.5 Å². The summed E-state index contributed by atoms with van der Waals surface area (Å²) >= 11 is 6.39. The summed E-state index contributed by atoms with van der Waals surface area (Å²) in [6.45, 7) is 4.02. The summed E-state index contributed by atoms with van der Waals surface area (Å²) in [5, 5.41) is -0.124. The number of carbonyl (C=O) groups is 4. The normalized spacial score (nSPS) is 25.2. The Morgan fingerprint density at radius 3 is 2.45 bits per heavy atom. The summed E-state index contributed by atoms with van der Waals surface area (Å²) in [7, 11) is 0. The molecule has 9 heteroatoms. The minimum atomic E-state index is -0.823. The van der Waals surface area contributed by atoms with Crippen molar-refractivity contribution in [2.45, 2.75) is 51.9 Å². The van der Waals surface area contributed by atoms with Crippen LogP contribution in [0.3, 0.4) is 0 Å². The van der Waals surface area contributed by atoms with E-state index in [2.05, 4.69) is 0 Å². The topological polar surface area (TPSA) is 108 Å². The predicted octanol–water partition coefficient (Wildman–Crippen LogP) is 3.13. The molecule has 31 heavy (non-hydrogen) atoms. The van der Waals surface area contributed by atoms with Gasteiger partial charge >= 0.3 is 17.9 Å². The second-order valence-corrected chi connectivity index (χ2v) is 7.58. The van der Waals surface area contributed by atoms with Crippen molar-refractivity contribution < 1.29 is 38.1 Å². The van der Waals surface area contributed by atoms with Crippen molar-refractivity contribution in [3.05, 3.63) is 46.5 Å². The van der Waals surface area contributed by atoms with E-state index in [0.717, 1.165) is 19.9 Å². The van der Waals surface area contributed by atoms with Crippen LogP contribution in [0.15, 0.2) is 30.4 Å². The highest BCUT2D eigenvalue weighted by atomic mass is 35.5. The van der Waals surface area contributed by atoms with Gasteiger partial charge in [0.15, 0.2) is 11.5 Å². The standard InChI is InChI=1S/C22H21ClO8/c1-11-8-17-16(31-17)7-5-4-6-14(26)9-15-20(22(27)28-11)18(29-12(2)24)10-19(21(15)23)30-13(3)25/h4-7,10-11,16-17H,8-9H2,1-3H3/b6-4-,7-5+. The number of hydrogen-bond acceptors (Lipinski definition) is 8. The maximum atomic E-state index is 13.0. The second kappa shape index (κ2) is 9.45. The maximum absolute atomic E-state index is 13.0. The van der Waals surface area contributed by atoms with Crippen molar-refractivity contribution >= 4 is 35.3 Å². The summed E-state index contributed by atoms with van der Waals surface area (Å²) in [5.41, 5.74) is -0.143. The van der Waals surface area contributed by atoms with E-state index in [4.69, 9.17) is 30.5 Å². The van der Waals surface area contributed by atoms with E-state index in [9.17, 15) is 19.2 Å². The minimum absolute atomic E-state index is 0.0325. The monoisotopic (exact) mass is 448 g/mol. The fourth-order valence-corrected chi connectivity index (χ4v) is 3.47. The van der Waals surface area contributed by atoms with E-state index in [1.165, 1.54) is 6.08 Å². The Balaban J connectivity index is 2.13. The molecule has 0 saturated carbocycles. The number of benzene rings is 1. The van der Waals surface area contributed by atoms with Crippen LogP contribution in [0.5, 0.6) is 11.5 Å². The molecule has 0 amide bonds. The van der Waals surface area contributed by atoms with Crippen LogP contribution in [-0.2, 0) is 30.3 Å². The van der Waals surface area contributed by atoms with E-state index in [-0.39, 0.29) is 52.1 Å². The smallest absolute Gasteiger partial charge is 0.342 e. The molecule has 164 valence electrons. The van der Waals surface area contributed by atoms with E-state index in [1.807, 2.05) is 6.08 Å².